The summed E-state index contributed by atoms with van der Waals surface area (Å²) < 4.78 is 4.70. The van der Waals surface area contributed by atoms with Gasteiger partial charge in [-0.1, -0.05) is 20.8 Å². The van der Waals surface area contributed by atoms with Crippen LogP contribution in [-0.2, 0) is 14.3 Å². The van der Waals surface area contributed by atoms with Gasteiger partial charge in [-0.15, -0.1) is 0 Å². The molecule has 2 fully saturated rings. The molecule has 0 radical (unpaired) electrons. The van der Waals surface area contributed by atoms with Gasteiger partial charge in [-0.3, -0.25) is 4.79 Å². The minimum absolute atomic E-state index is 0.0359. The average Bonchev–Trinajstić information content (AvgIpc) is 2.83. The van der Waals surface area contributed by atoms with Gasteiger partial charge < -0.3 is 20.1 Å². The molecule has 1 aliphatic heterocycles. The summed E-state index contributed by atoms with van der Waals surface area (Å²) in [5.41, 5.74) is -0.665. The number of carbonyl (C=O) groups is 2. The van der Waals surface area contributed by atoms with Crippen molar-refractivity contribution in [3.63, 3.8) is 0 Å². The van der Waals surface area contributed by atoms with Gasteiger partial charge in [0.1, 0.15) is 5.78 Å². The summed E-state index contributed by atoms with van der Waals surface area (Å²) in [5, 5.41) is 30.7. The van der Waals surface area contributed by atoms with E-state index in [-0.39, 0.29) is 35.0 Å². The molecule has 3 N–H and O–H groups in total. The second-order valence-corrected chi connectivity index (χ2v) is 8.93. The fraction of sp³-hybridized carbons (Fsp3) is 0.800. The first kappa shape index (κ1) is 19.5. The number of ether oxygens (including phenoxy) is 1. The standard InChI is InChI=1S/C20H30O6/c1-11-6-7-19(2)15(5-4-12(21)8-16(19)23)20(11,3)10-14(22)13-9-17(24)26-18(13)25/h9,11-12,14-15,18,21-22,25H,4-8,10H2,1-3H3/t11-,12-,14+,15+,18?,19-,20+/m1/s1. The zero-order valence-electron chi connectivity index (χ0n) is 15.8. The van der Waals surface area contributed by atoms with Crippen molar-refractivity contribution in [3.8, 4) is 0 Å². The number of hydrogen-bond acceptors (Lipinski definition) is 6. The van der Waals surface area contributed by atoms with E-state index in [9.17, 15) is 24.9 Å². The van der Waals surface area contributed by atoms with Crippen molar-refractivity contribution in [2.24, 2.45) is 22.7 Å². The number of rotatable bonds is 3. The second kappa shape index (κ2) is 6.73. The summed E-state index contributed by atoms with van der Waals surface area (Å²) in [4.78, 5) is 24.2. The largest absolute Gasteiger partial charge is 0.429 e. The van der Waals surface area contributed by atoms with Crippen LogP contribution in [0.3, 0.4) is 0 Å². The maximum Gasteiger partial charge on any atom is 0.333 e. The number of hydrogen-bond donors (Lipinski definition) is 3. The zero-order valence-corrected chi connectivity index (χ0v) is 15.8. The summed E-state index contributed by atoms with van der Waals surface area (Å²) >= 11 is 0. The van der Waals surface area contributed by atoms with E-state index in [0.29, 0.717) is 12.8 Å². The van der Waals surface area contributed by atoms with Crippen LogP contribution in [0.1, 0.15) is 59.3 Å². The summed E-state index contributed by atoms with van der Waals surface area (Å²) in [6, 6.07) is 0. The summed E-state index contributed by atoms with van der Waals surface area (Å²) in [6.45, 7) is 6.24. The Morgan fingerprint density at radius 1 is 1.23 bits per heavy atom. The lowest BCUT2D eigenvalue weighted by Gasteiger charge is -2.55. The minimum Gasteiger partial charge on any atom is -0.429 e. The highest BCUT2D eigenvalue weighted by Gasteiger charge is 2.56. The molecule has 26 heavy (non-hydrogen) atoms. The van der Waals surface area contributed by atoms with Crippen molar-refractivity contribution in [2.75, 3.05) is 0 Å². The molecule has 1 unspecified atom stereocenters. The molecule has 2 saturated carbocycles. The number of cyclic esters (lactones) is 1. The van der Waals surface area contributed by atoms with Crippen LogP contribution in [0.5, 0.6) is 0 Å². The molecule has 0 amide bonds. The van der Waals surface area contributed by atoms with E-state index < -0.39 is 29.9 Å². The first-order valence-electron chi connectivity index (χ1n) is 9.57. The number of fused-ring (bicyclic) bond motifs is 1. The number of esters is 1. The van der Waals surface area contributed by atoms with E-state index >= 15 is 0 Å². The quantitative estimate of drug-likeness (QED) is 0.657. The normalized spacial score (nSPS) is 44.8. The van der Waals surface area contributed by atoms with Gasteiger partial charge in [-0.2, -0.15) is 0 Å². The predicted molar refractivity (Wildman–Crippen MR) is 93.8 cm³/mol. The Bertz CT molecular complexity index is 628. The maximum absolute atomic E-state index is 12.9. The molecule has 0 spiro atoms. The Balaban J connectivity index is 1.91. The number of aliphatic hydroxyl groups is 3. The lowest BCUT2D eigenvalue weighted by Crippen LogP contribution is -2.52. The van der Waals surface area contributed by atoms with E-state index in [1.807, 2.05) is 6.92 Å². The van der Waals surface area contributed by atoms with Crippen LogP contribution >= 0.6 is 0 Å². The van der Waals surface area contributed by atoms with Crippen molar-refractivity contribution in [2.45, 2.75) is 77.8 Å². The fourth-order valence-electron chi connectivity index (χ4n) is 5.54. The van der Waals surface area contributed by atoms with Crippen LogP contribution in [0, 0.1) is 22.7 Å². The lowest BCUT2D eigenvalue weighted by molar-refractivity contribution is -0.153. The van der Waals surface area contributed by atoms with Crippen LogP contribution in [0.15, 0.2) is 11.6 Å². The number of Topliss-reactive ketones (excluding diaryl/α,β-unsaturated/α-hetero) is 1. The molecule has 2 aliphatic carbocycles. The molecule has 3 aliphatic rings. The molecule has 3 rings (SSSR count). The Morgan fingerprint density at radius 2 is 1.92 bits per heavy atom. The van der Waals surface area contributed by atoms with Crippen LogP contribution in [0.4, 0.5) is 0 Å². The number of aliphatic hydroxyl groups excluding tert-OH is 3. The van der Waals surface area contributed by atoms with Gasteiger partial charge in [-0.05, 0) is 49.4 Å². The Kier molecular flexibility index (Phi) is 5.05. The smallest absolute Gasteiger partial charge is 0.333 e. The summed E-state index contributed by atoms with van der Waals surface area (Å²) in [7, 11) is 0. The molecule has 6 heteroatoms. The highest BCUT2D eigenvalue weighted by Crippen LogP contribution is 2.59. The van der Waals surface area contributed by atoms with Gasteiger partial charge in [-0.25, -0.2) is 4.79 Å². The van der Waals surface area contributed by atoms with Gasteiger partial charge in [0, 0.05) is 23.5 Å². The third kappa shape index (κ3) is 3.12. The molecule has 0 saturated heterocycles. The SMILES string of the molecule is C[C@@H]1CC[C@@]2(C)C(=O)C[C@H](O)CC[C@@H]2[C@@]1(C)C[C@H](O)C1=CC(=O)OC1O. The molecule has 7 atom stereocenters. The molecule has 0 aromatic heterocycles. The van der Waals surface area contributed by atoms with E-state index in [2.05, 4.69) is 13.8 Å². The molecular weight excluding hydrogens is 336 g/mol. The molecule has 1 heterocycles. The van der Waals surface area contributed by atoms with Crippen molar-refractivity contribution >= 4 is 11.8 Å². The third-order valence-electron chi connectivity index (χ3n) is 7.45. The van der Waals surface area contributed by atoms with Gasteiger partial charge in [0.05, 0.1) is 12.2 Å². The summed E-state index contributed by atoms with van der Waals surface area (Å²) in [6.07, 6.45) is 1.68. The Hall–Kier alpha value is -1.24. The van der Waals surface area contributed by atoms with Crippen LogP contribution in [0.25, 0.3) is 0 Å². The van der Waals surface area contributed by atoms with Gasteiger partial charge in [0.2, 0.25) is 6.29 Å². The van der Waals surface area contributed by atoms with Crippen LogP contribution in [-0.4, -0.2) is 45.6 Å². The van der Waals surface area contributed by atoms with Crippen molar-refractivity contribution < 1.29 is 29.6 Å². The van der Waals surface area contributed by atoms with Gasteiger partial charge >= 0.3 is 5.97 Å². The Morgan fingerprint density at radius 3 is 2.54 bits per heavy atom. The lowest BCUT2D eigenvalue weighted by atomic mass is 9.49. The topological polar surface area (TPSA) is 104 Å². The van der Waals surface area contributed by atoms with E-state index in [4.69, 9.17) is 4.74 Å². The van der Waals surface area contributed by atoms with Crippen molar-refractivity contribution in [3.05, 3.63) is 11.6 Å². The highest BCUT2D eigenvalue weighted by molar-refractivity contribution is 5.86. The second-order valence-electron chi connectivity index (χ2n) is 8.93. The maximum atomic E-state index is 12.9. The number of ketones is 1. The number of carbonyl (C=O) groups excluding carboxylic acids is 2. The predicted octanol–water partition coefficient (Wildman–Crippen LogP) is 1.71. The molecule has 146 valence electrons. The van der Waals surface area contributed by atoms with Gasteiger partial charge in [0.25, 0.3) is 0 Å². The van der Waals surface area contributed by atoms with Crippen LogP contribution in [0.2, 0.25) is 0 Å². The Labute approximate surface area is 154 Å². The first-order valence-corrected chi connectivity index (χ1v) is 9.57. The monoisotopic (exact) mass is 366 g/mol. The molecule has 0 bridgehead atoms. The van der Waals surface area contributed by atoms with Crippen molar-refractivity contribution in [1.82, 2.24) is 0 Å². The van der Waals surface area contributed by atoms with E-state index in [0.717, 1.165) is 25.3 Å². The molecular formula is C20H30O6. The molecule has 0 aromatic rings. The van der Waals surface area contributed by atoms with Crippen LogP contribution < -0.4 is 0 Å². The minimum atomic E-state index is -1.40. The third-order valence-corrected chi connectivity index (χ3v) is 7.45. The molecule has 0 aromatic carbocycles. The van der Waals surface area contributed by atoms with E-state index in [1.165, 1.54) is 0 Å². The van der Waals surface area contributed by atoms with E-state index in [1.54, 1.807) is 0 Å². The fourth-order valence-corrected chi connectivity index (χ4v) is 5.54. The summed E-state index contributed by atoms with van der Waals surface area (Å²) in [5.74, 6) is -0.229. The average molecular weight is 366 g/mol. The first-order chi connectivity index (χ1) is 12.1. The highest BCUT2D eigenvalue weighted by atomic mass is 16.6. The van der Waals surface area contributed by atoms with Crippen molar-refractivity contribution in [1.29, 1.82) is 0 Å². The zero-order chi connectivity index (χ0) is 19.3. The molecule has 6 nitrogen and oxygen atoms in total. The van der Waals surface area contributed by atoms with Gasteiger partial charge in [0.15, 0.2) is 0 Å².